The number of ether oxygens (including phenoxy) is 1. The molecule has 2 N–H and O–H groups in total. The minimum Gasteiger partial charge on any atom is -0.444 e. The number of hydrogen-bond donors (Lipinski definition) is 2. The van der Waals surface area contributed by atoms with E-state index in [1.165, 1.54) is 12.1 Å². The first-order valence-electron chi connectivity index (χ1n) is 8.10. The molecule has 0 aliphatic rings. The normalized spacial score (nSPS) is 11.3. The maximum Gasteiger partial charge on any atom is 0.408 e. The highest BCUT2D eigenvalue weighted by Gasteiger charge is 2.23. The SMILES string of the molecule is CC(C)(C)OC(=O)N[C@@H](CC#Cc1ccccc1F)C(=O)NCCC#N. The number of nitrogens with one attached hydrogen (secondary N) is 2. The van der Waals surface area contributed by atoms with Crippen LogP contribution >= 0.6 is 0 Å². The summed E-state index contributed by atoms with van der Waals surface area (Å²) < 4.78 is 18.7. The van der Waals surface area contributed by atoms with Crippen molar-refractivity contribution in [2.45, 2.75) is 45.3 Å². The highest BCUT2D eigenvalue weighted by Crippen LogP contribution is 2.08. The third-order valence-corrected chi connectivity index (χ3v) is 2.95. The number of nitrogens with zero attached hydrogens (tertiary/aromatic N) is 1. The van der Waals surface area contributed by atoms with Crippen molar-refractivity contribution >= 4 is 12.0 Å². The first-order chi connectivity index (χ1) is 12.2. The molecule has 0 aromatic heterocycles. The predicted molar refractivity (Wildman–Crippen MR) is 94.3 cm³/mol. The minimum atomic E-state index is -0.984. The highest BCUT2D eigenvalue weighted by molar-refractivity contribution is 5.86. The first kappa shape index (κ1) is 21.0. The van der Waals surface area contributed by atoms with E-state index in [9.17, 15) is 14.0 Å². The van der Waals surface area contributed by atoms with Crippen molar-refractivity contribution in [3.63, 3.8) is 0 Å². The van der Waals surface area contributed by atoms with Gasteiger partial charge in [-0.2, -0.15) is 5.26 Å². The van der Waals surface area contributed by atoms with Crippen LogP contribution in [0.2, 0.25) is 0 Å². The van der Waals surface area contributed by atoms with Gasteiger partial charge in [-0.3, -0.25) is 4.79 Å². The lowest BCUT2D eigenvalue weighted by molar-refractivity contribution is -0.123. The van der Waals surface area contributed by atoms with Gasteiger partial charge in [0.25, 0.3) is 0 Å². The number of carbonyl (C=O) groups excluding carboxylic acids is 2. The maximum atomic E-state index is 13.6. The summed E-state index contributed by atoms with van der Waals surface area (Å²) in [6.07, 6.45) is -0.650. The summed E-state index contributed by atoms with van der Waals surface area (Å²) in [5.74, 6) is 4.38. The van der Waals surface area contributed by atoms with Crippen LogP contribution in [0.15, 0.2) is 24.3 Å². The van der Waals surface area contributed by atoms with Gasteiger partial charge in [0.15, 0.2) is 0 Å². The van der Waals surface area contributed by atoms with Crippen LogP contribution in [0.4, 0.5) is 9.18 Å². The van der Waals surface area contributed by atoms with Crippen molar-refractivity contribution in [1.29, 1.82) is 5.26 Å². The number of amides is 2. The zero-order chi connectivity index (χ0) is 19.6. The number of carbonyl (C=O) groups is 2. The molecule has 6 nitrogen and oxygen atoms in total. The van der Waals surface area contributed by atoms with Gasteiger partial charge in [0, 0.05) is 13.0 Å². The molecule has 1 aromatic carbocycles. The number of nitriles is 1. The fourth-order valence-electron chi connectivity index (χ4n) is 1.83. The molecule has 0 fully saturated rings. The second kappa shape index (κ2) is 10.0. The van der Waals surface area contributed by atoms with E-state index in [-0.39, 0.29) is 24.9 Å². The quantitative estimate of drug-likeness (QED) is 0.624. The van der Waals surface area contributed by atoms with E-state index in [1.54, 1.807) is 32.9 Å². The van der Waals surface area contributed by atoms with Crippen LogP contribution in [-0.4, -0.2) is 30.2 Å². The molecule has 0 spiro atoms. The summed E-state index contributed by atoms with van der Waals surface area (Å²) in [6, 6.07) is 6.93. The lowest BCUT2D eigenvalue weighted by atomic mass is 10.1. The average Bonchev–Trinajstić information content (AvgIpc) is 2.54. The van der Waals surface area contributed by atoms with Crippen LogP contribution in [0.25, 0.3) is 0 Å². The van der Waals surface area contributed by atoms with E-state index in [0.29, 0.717) is 0 Å². The molecule has 0 bridgehead atoms. The Morgan fingerprint density at radius 1 is 1.31 bits per heavy atom. The molecule has 1 rings (SSSR count). The number of hydrogen-bond acceptors (Lipinski definition) is 4. The molecule has 2 amide bonds. The molecule has 0 radical (unpaired) electrons. The van der Waals surface area contributed by atoms with Crippen molar-refractivity contribution in [1.82, 2.24) is 10.6 Å². The number of benzene rings is 1. The molecule has 26 heavy (non-hydrogen) atoms. The predicted octanol–water partition coefficient (Wildman–Crippen LogP) is 2.49. The summed E-state index contributed by atoms with van der Waals surface area (Å²) in [5, 5.41) is 13.5. The smallest absolute Gasteiger partial charge is 0.408 e. The zero-order valence-electron chi connectivity index (χ0n) is 15.1. The molecule has 1 aromatic rings. The molecule has 0 saturated carbocycles. The lowest BCUT2D eigenvalue weighted by Gasteiger charge is -2.22. The van der Waals surface area contributed by atoms with Gasteiger partial charge in [-0.1, -0.05) is 24.0 Å². The Bertz CT molecular complexity index is 739. The summed E-state index contributed by atoms with van der Waals surface area (Å²) in [4.78, 5) is 24.1. The first-order valence-corrected chi connectivity index (χ1v) is 8.10. The molecular formula is C19H22FN3O3. The molecule has 0 unspecified atom stereocenters. The fourth-order valence-corrected chi connectivity index (χ4v) is 1.83. The Morgan fingerprint density at radius 3 is 2.62 bits per heavy atom. The third kappa shape index (κ3) is 8.16. The van der Waals surface area contributed by atoms with Crippen LogP contribution in [0.1, 0.15) is 39.2 Å². The van der Waals surface area contributed by atoms with Crippen LogP contribution in [0, 0.1) is 29.0 Å². The Kier molecular flexibility index (Phi) is 8.11. The largest absolute Gasteiger partial charge is 0.444 e. The Labute approximate surface area is 152 Å². The van der Waals surface area contributed by atoms with Crippen molar-refractivity contribution in [2.75, 3.05) is 6.54 Å². The molecule has 0 aliphatic carbocycles. The monoisotopic (exact) mass is 359 g/mol. The van der Waals surface area contributed by atoms with Gasteiger partial charge in [0.05, 0.1) is 18.1 Å². The van der Waals surface area contributed by atoms with Gasteiger partial charge >= 0.3 is 6.09 Å². The van der Waals surface area contributed by atoms with Crippen molar-refractivity contribution < 1.29 is 18.7 Å². The fraction of sp³-hybridized carbons (Fsp3) is 0.421. The summed E-state index contributed by atoms with van der Waals surface area (Å²) in [7, 11) is 0. The standard InChI is InChI=1S/C19H22FN3O3/c1-19(2,3)26-18(25)23-16(17(24)22-13-7-12-21)11-6-9-14-8-4-5-10-15(14)20/h4-5,8,10,16H,7,11,13H2,1-3H3,(H,22,24)(H,23,25)/t16-/m0/s1. The van der Waals surface area contributed by atoms with Gasteiger partial charge < -0.3 is 15.4 Å². The van der Waals surface area contributed by atoms with E-state index in [0.717, 1.165) is 0 Å². The molecule has 0 saturated heterocycles. The molecule has 0 heterocycles. The Hall–Kier alpha value is -3.06. The van der Waals surface area contributed by atoms with E-state index >= 15 is 0 Å². The van der Waals surface area contributed by atoms with Crippen LogP contribution in [-0.2, 0) is 9.53 Å². The van der Waals surface area contributed by atoms with Gasteiger partial charge in [0.2, 0.25) is 5.91 Å². The van der Waals surface area contributed by atoms with Crippen LogP contribution < -0.4 is 10.6 Å². The molecule has 138 valence electrons. The van der Waals surface area contributed by atoms with Crippen molar-refractivity contribution in [2.24, 2.45) is 0 Å². The zero-order valence-corrected chi connectivity index (χ0v) is 15.1. The van der Waals surface area contributed by atoms with E-state index in [2.05, 4.69) is 22.5 Å². The molecule has 0 aliphatic heterocycles. The average molecular weight is 359 g/mol. The highest BCUT2D eigenvalue weighted by atomic mass is 19.1. The van der Waals surface area contributed by atoms with E-state index in [4.69, 9.17) is 10.00 Å². The van der Waals surface area contributed by atoms with E-state index in [1.807, 2.05) is 6.07 Å². The molecular weight excluding hydrogens is 337 g/mol. The van der Waals surface area contributed by atoms with Gasteiger partial charge in [0.1, 0.15) is 17.5 Å². The van der Waals surface area contributed by atoms with Crippen molar-refractivity contribution in [3.8, 4) is 17.9 Å². The molecule has 7 heteroatoms. The Balaban J connectivity index is 2.80. The number of alkyl carbamates (subject to hydrolysis) is 1. The van der Waals surface area contributed by atoms with Gasteiger partial charge in [-0.15, -0.1) is 0 Å². The number of halogens is 1. The minimum absolute atomic E-state index is 0.0357. The van der Waals surface area contributed by atoms with E-state index < -0.39 is 29.5 Å². The summed E-state index contributed by atoms with van der Waals surface area (Å²) in [5.41, 5.74) is -0.515. The van der Waals surface area contributed by atoms with Crippen LogP contribution in [0.3, 0.4) is 0 Å². The summed E-state index contributed by atoms with van der Waals surface area (Å²) in [6.45, 7) is 5.26. The second-order valence-corrected chi connectivity index (χ2v) is 6.38. The topological polar surface area (TPSA) is 91.2 Å². The van der Waals surface area contributed by atoms with Gasteiger partial charge in [-0.05, 0) is 32.9 Å². The lowest BCUT2D eigenvalue weighted by Crippen LogP contribution is -2.48. The Morgan fingerprint density at radius 2 is 2.00 bits per heavy atom. The summed E-state index contributed by atoms with van der Waals surface area (Å²) >= 11 is 0. The third-order valence-electron chi connectivity index (χ3n) is 2.95. The number of rotatable bonds is 5. The van der Waals surface area contributed by atoms with Crippen LogP contribution in [0.5, 0.6) is 0 Å². The second-order valence-electron chi connectivity index (χ2n) is 6.38. The maximum absolute atomic E-state index is 13.6. The van der Waals surface area contributed by atoms with Gasteiger partial charge in [-0.25, -0.2) is 9.18 Å². The van der Waals surface area contributed by atoms with Crippen molar-refractivity contribution in [3.05, 3.63) is 35.6 Å². The molecule has 1 atom stereocenters.